The van der Waals surface area contributed by atoms with Crippen molar-refractivity contribution in [1.29, 1.82) is 0 Å². The summed E-state index contributed by atoms with van der Waals surface area (Å²) in [6.45, 7) is 0.878. The molecule has 4 heterocycles. The van der Waals surface area contributed by atoms with Crippen molar-refractivity contribution in [3.05, 3.63) is 29.8 Å². The van der Waals surface area contributed by atoms with Crippen LogP contribution in [0.2, 0.25) is 0 Å². The Kier molecular flexibility index (Phi) is 4.93. The van der Waals surface area contributed by atoms with E-state index in [0.717, 1.165) is 0 Å². The van der Waals surface area contributed by atoms with Crippen LogP contribution in [0.3, 0.4) is 0 Å². The molecule has 11 atom stereocenters. The Labute approximate surface area is 199 Å². The number of phenols is 1. The van der Waals surface area contributed by atoms with Crippen LogP contribution in [0.1, 0.15) is 30.1 Å². The van der Waals surface area contributed by atoms with E-state index < -0.39 is 77.9 Å². The van der Waals surface area contributed by atoms with E-state index >= 15 is 0 Å². The predicted molar refractivity (Wildman–Crippen MR) is 110 cm³/mol. The molecule has 6 bridgehead atoms. The lowest BCUT2D eigenvalue weighted by atomic mass is 9.41. The number of rotatable bonds is 6. The molecule has 12 heteroatoms. The monoisotopic (exact) mass is 496 g/mol. The number of carbonyl (C=O) groups excluding carboxylic acids is 1. The first-order valence-electron chi connectivity index (χ1n) is 11.5. The lowest BCUT2D eigenvalue weighted by Crippen LogP contribution is -2.80. The molecule has 8 rings (SSSR count). The largest absolute Gasteiger partial charge is 0.508 e. The minimum Gasteiger partial charge on any atom is -0.508 e. The number of carbonyl (C=O) groups is 1. The second kappa shape index (κ2) is 7.34. The lowest BCUT2D eigenvalue weighted by Gasteiger charge is -2.67. The highest BCUT2D eigenvalue weighted by atomic mass is 16.8. The maximum Gasteiger partial charge on any atom is 0.338 e. The Morgan fingerprint density at radius 1 is 1.11 bits per heavy atom. The SMILES string of the molecule is C[C@@]12C[C@@]3(O)OC(O1)C1(COC(=O)c4ccc(O)cc4)C3C[C@@]12OC1OC(CO)C(O)C(O)C1O. The van der Waals surface area contributed by atoms with Gasteiger partial charge in [-0.25, -0.2) is 4.79 Å². The molecule has 192 valence electrons. The van der Waals surface area contributed by atoms with Crippen LogP contribution in [0.25, 0.3) is 0 Å². The summed E-state index contributed by atoms with van der Waals surface area (Å²) < 4.78 is 29.6. The average molecular weight is 496 g/mol. The van der Waals surface area contributed by atoms with Crippen molar-refractivity contribution in [3.8, 4) is 5.75 Å². The number of aromatic hydroxyl groups is 1. The van der Waals surface area contributed by atoms with Crippen LogP contribution < -0.4 is 0 Å². The third-order valence-corrected chi connectivity index (χ3v) is 8.66. The zero-order valence-corrected chi connectivity index (χ0v) is 18.8. The van der Waals surface area contributed by atoms with Crippen molar-refractivity contribution in [1.82, 2.24) is 0 Å². The standard InChI is InChI=1S/C23H28O12/c1-20-8-22(30)13-6-23(20,33-18-16(28)15(27)14(26)12(7-24)32-18)21(13,19(34-20)35-22)9-31-17(29)10-2-4-11(25)5-3-10/h2-5,12-16,18-19,24-28,30H,6-9H2,1H3/t12?,13?,14?,15?,16?,18?,19?,20-,21?,22+,23-/m0/s1. The highest BCUT2D eigenvalue weighted by Gasteiger charge is 2.94. The molecule has 7 fully saturated rings. The average Bonchev–Trinajstić information content (AvgIpc) is 3.00. The summed E-state index contributed by atoms with van der Waals surface area (Å²) in [4.78, 5) is 12.7. The van der Waals surface area contributed by atoms with Crippen molar-refractivity contribution < 1.29 is 59.1 Å². The molecular formula is C23H28O12. The lowest BCUT2D eigenvalue weighted by molar-refractivity contribution is -0.424. The Morgan fingerprint density at radius 2 is 1.83 bits per heavy atom. The first-order chi connectivity index (χ1) is 16.5. The van der Waals surface area contributed by atoms with E-state index in [0.29, 0.717) is 0 Å². The van der Waals surface area contributed by atoms with Gasteiger partial charge in [0.15, 0.2) is 18.4 Å². The Hall–Kier alpha value is -1.87. The molecule has 4 saturated heterocycles. The van der Waals surface area contributed by atoms with Gasteiger partial charge in [0, 0.05) is 12.3 Å². The summed E-state index contributed by atoms with van der Waals surface area (Å²) in [6.07, 6.45) is -8.10. The fourth-order valence-corrected chi connectivity index (χ4v) is 6.90. The van der Waals surface area contributed by atoms with Crippen LogP contribution in [0.4, 0.5) is 0 Å². The van der Waals surface area contributed by atoms with Gasteiger partial charge in [-0.15, -0.1) is 0 Å². The summed E-state index contributed by atoms with van der Waals surface area (Å²) >= 11 is 0. The number of phenolic OH excluding ortho intramolecular Hbond substituents is 1. The van der Waals surface area contributed by atoms with E-state index in [4.69, 9.17) is 23.7 Å². The number of aliphatic hydroxyl groups is 5. The minimum absolute atomic E-state index is 0.00282. The number of hydrogen-bond acceptors (Lipinski definition) is 12. The second-order valence-electron chi connectivity index (χ2n) is 10.4. The van der Waals surface area contributed by atoms with Crippen molar-refractivity contribution in [2.45, 2.75) is 73.8 Å². The van der Waals surface area contributed by atoms with Gasteiger partial charge in [-0.3, -0.25) is 0 Å². The van der Waals surface area contributed by atoms with Crippen molar-refractivity contribution in [3.63, 3.8) is 0 Å². The predicted octanol–water partition coefficient (Wildman–Crippen LogP) is -1.65. The molecule has 3 saturated carbocycles. The fourth-order valence-electron chi connectivity index (χ4n) is 6.90. The van der Waals surface area contributed by atoms with Gasteiger partial charge >= 0.3 is 5.97 Å². The van der Waals surface area contributed by atoms with Gasteiger partial charge in [0.25, 0.3) is 0 Å². The summed E-state index contributed by atoms with van der Waals surface area (Å²) in [5, 5.41) is 61.2. The molecule has 0 amide bonds. The number of aliphatic hydroxyl groups excluding tert-OH is 4. The number of benzene rings is 1. The maximum absolute atomic E-state index is 12.7. The molecule has 4 aliphatic heterocycles. The number of esters is 1. The van der Waals surface area contributed by atoms with Gasteiger partial charge in [0.05, 0.1) is 17.6 Å². The van der Waals surface area contributed by atoms with Crippen LogP contribution in [0, 0.1) is 11.3 Å². The van der Waals surface area contributed by atoms with Crippen LogP contribution in [0.15, 0.2) is 24.3 Å². The molecule has 1 aromatic carbocycles. The molecule has 0 spiro atoms. The second-order valence-corrected chi connectivity index (χ2v) is 10.4. The van der Waals surface area contributed by atoms with Crippen molar-refractivity contribution in [2.75, 3.05) is 13.2 Å². The Bertz CT molecular complexity index is 1030. The van der Waals surface area contributed by atoms with Gasteiger partial charge in [0.1, 0.15) is 48.0 Å². The highest BCUT2D eigenvalue weighted by molar-refractivity contribution is 5.89. The zero-order valence-electron chi connectivity index (χ0n) is 18.8. The zero-order chi connectivity index (χ0) is 25.0. The molecule has 35 heavy (non-hydrogen) atoms. The fraction of sp³-hybridized carbons (Fsp3) is 0.696. The molecule has 8 unspecified atom stereocenters. The summed E-state index contributed by atoms with van der Waals surface area (Å²) in [5.41, 5.74) is -3.27. The van der Waals surface area contributed by atoms with Gasteiger partial charge < -0.3 is 54.3 Å². The number of hydrogen-bond donors (Lipinski definition) is 6. The molecule has 12 nitrogen and oxygen atoms in total. The van der Waals surface area contributed by atoms with E-state index in [9.17, 15) is 35.4 Å². The minimum atomic E-state index is -1.64. The van der Waals surface area contributed by atoms with E-state index in [1.54, 1.807) is 6.92 Å². The molecular weight excluding hydrogens is 468 g/mol. The molecule has 1 aromatic rings. The molecule has 3 aliphatic carbocycles. The summed E-state index contributed by atoms with van der Waals surface area (Å²) in [6, 6.07) is 5.54. The highest BCUT2D eigenvalue weighted by Crippen LogP contribution is 2.81. The quantitative estimate of drug-likeness (QED) is 0.247. The van der Waals surface area contributed by atoms with Crippen LogP contribution in [-0.4, -0.2) is 104 Å². The first-order valence-corrected chi connectivity index (χ1v) is 11.5. The van der Waals surface area contributed by atoms with E-state index in [1.165, 1.54) is 24.3 Å². The first kappa shape index (κ1) is 23.5. The van der Waals surface area contributed by atoms with E-state index in [1.807, 2.05) is 0 Å². The van der Waals surface area contributed by atoms with Gasteiger partial charge in [-0.2, -0.15) is 0 Å². The van der Waals surface area contributed by atoms with E-state index in [-0.39, 0.29) is 30.8 Å². The maximum atomic E-state index is 12.7. The van der Waals surface area contributed by atoms with Crippen LogP contribution in [0.5, 0.6) is 5.75 Å². The van der Waals surface area contributed by atoms with Crippen LogP contribution in [-0.2, 0) is 23.7 Å². The molecule has 0 aromatic heterocycles. The van der Waals surface area contributed by atoms with Crippen molar-refractivity contribution in [2.24, 2.45) is 11.3 Å². The molecule has 6 N–H and O–H groups in total. The van der Waals surface area contributed by atoms with Crippen LogP contribution >= 0.6 is 0 Å². The number of ether oxygens (including phenoxy) is 5. The normalized spacial score (nSPS) is 51.3. The third kappa shape index (κ3) is 2.80. The van der Waals surface area contributed by atoms with Gasteiger partial charge in [0.2, 0.25) is 0 Å². The summed E-state index contributed by atoms with van der Waals surface area (Å²) in [7, 11) is 0. The third-order valence-electron chi connectivity index (χ3n) is 8.66. The van der Waals surface area contributed by atoms with Crippen molar-refractivity contribution >= 4 is 5.97 Å². The molecule has 0 radical (unpaired) electrons. The topological polar surface area (TPSA) is 185 Å². The Morgan fingerprint density at radius 3 is 2.51 bits per heavy atom. The van der Waals surface area contributed by atoms with Gasteiger partial charge in [-0.05, 0) is 37.6 Å². The summed E-state index contributed by atoms with van der Waals surface area (Å²) in [5.74, 6) is -2.68. The molecule has 7 aliphatic rings. The van der Waals surface area contributed by atoms with Gasteiger partial charge in [-0.1, -0.05) is 0 Å². The van der Waals surface area contributed by atoms with E-state index in [2.05, 4.69) is 0 Å². The smallest absolute Gasteiger partial charge is 0.338 e. The Balaban J connectivity index is 1.31.